The van der Waals surface area contributed by atoms with Gasteiger partial charge in [0.2, 0.25) is 0 Å². The molecule has 0 saturated carbocycles. The molecule has 3 nitrogen and oxygen atoms in total. The summed E-state index contributed by atoms with van der Waals surface area (Å²) in [6.07, 6.45) is 0. The fourth-order valence-electron chi connectivity index (χ4n) is 1.31. The van der Waals surface area contributed by atoms with Crippen molar-refractivity contribution in [1.29, 1.82) is 0 Å². The second-order valence-electron chi connectivity index (χ2n) is 4.14. The molecule has 94 valence electrons. The maximum absolute atomic E-state index is 12.9. The Balaban J connectivity index is 2.79. The summed E-state index contributed by atoms with van der Waals surface area (Å²) in [5.74, 6) is -0.828. The molecule has 0 bridgehead atoms. The van der Waals surface area contributed by atoms with Crippen LogP contribution >= 0.6 is 11.6 Å². The highest BCUT2D eigenvalue weighted by atomic mass is 35.5. The predicted octanol–water partition coefficient (Wildman–Crippen LogP) is 2.23. The van der Waals surface area contributed by atoms with Gasteiger partial charge >= 0.3 is 0 Å². The Morgan fingerprint density at radius 1 is 1.53 bits per heavy atom. The Morgan fingerprint density at radius 3 is 2.65 bits per heavy atom. The zero-order valence-corrected chi connectivity index (χ0v) is 10.5. The molecular formula is C12H15ClFNO2. The normalized spacial score (nSPS) is 12.6. The van der Waals surface area contributed by atoms with Crippen LogP contribution in [0.2, 0.25) is 5.02 Å². The van der Waals surface area contributed by atoms with E-state index in [0.717, 1.165) is 6.07 Å². The first-order chi connectivity index (χ1) is 7.95. The molecule has 1 atom stereocenters. The molecule has 1 aromatic carbocycles. The van der Waals surface area contributed by atoms with Crippen molar-refractivity contribution in [3.05, 3.63) is 34.6 Å². The lowest BCUT2D eigenvalue weighted by Crippen LogP contribution is -2.41. The SMILES string of the molecule is CC(C)C(CO)NC(=O)c1ccc(F)c(Cl)c1. The zero-order valence-electron chi connectivity index (χ0n) is 9.71. The third-order valence-corrected chi connectivity index (χ3v) is 2.79. The van der Waals surface area contributed by atoms with Crippen LogP contribution < -0.4 is 5.32 Å². The number of aliphatic hydroxyl groups excluding tert-OH is 1. The van der Waals surface area contributed by atoms with Crippen molar-refractivity contribution in [2.75, 3.05) is 6.61 Å². The zero-order chi connectivity index (χ0) is 13.0. The lowest BCUT2D eigenvalue weighted by molar-refractivity contribution is 0.0897. The molecule has 0 aliphatic carbocycles. The van der Waals surface area contributed by atoms with E-state index in [0.29, 0.717) is 0 Å². The third kappa shape index (κ3) is 3.68. The van der Waals surface area contributed by atoms with E-state index in [1.807, 2.05) is 13.8 Å². The fourth-order valence-corrected chi connectivity index (χ4v) is 1.49. The highest BCUT2D eigenvalue weighted by Gasteiger charge is 2.16. The molecule has 1 amide bonds. The summed E-state index contributed by atoms with van der Waals surface area (Å²) in [4.78, 5) is 11.8. The molecule has 2 N–H and O–H groups in total. The third-order valence-electron chi connectivity index (χ3n) is 2.50. The molecule has 0 aromatic heterocycles. The van der Waals surface area contributed by atoms with Crippen LogP contribution in [0.25, 0.3) is 0 Å². The molecule has 0 fully saturated rings. The molecule has 0 spiro atoms. The first-order valence-corrected chi connectivity index (χ1v) is 5.70. The van der Waals surface area contributed by atoms with Crippen LogP contribution in [0.3, 0.4) is 0 Å². The largest absolute Gasteiger partial charge is 0.394 e. The summed E-state index contributed by atoms with van der Waals surface area (Å²) >= 11 is 5.59. The van der Waals surface area contributed by atoms with Crippen LogP contribution in [0, 0.1) is 11.7 Å². The summed E-state index contributed by atoms with van der Waals surface area (Å²) in [5, 5.41) is 11.7. The van der Waals surface area contributed by atoms with E-state index < -0.39 is 5.82 Å². The minimum Gasteiger partial charge on any atom is -0.394 e. The molecule has 5 heteroatoms. The van der Waals surface area contributed by atoms with Gasteiger partial charge in [0.25, 0.3) is 5.91 Å². The lowest BCUT2D eigenvalue weighted by Gasteiger charge is -2.19. The Bertz CT molecular complexity index is 409. The van der Waals surface area contributed by atoms with E-state index >= 15 is 0 Å². The number of aliphatic hydroxyl groups is 1. The lowest BCUT2D eigenvalue weighted by atomic mass is 10.0. The molecule has 0 aliphatic heterocycles. The Hall–Kier alpha value is -1.13. The number of carbonyl (C=O) groups is 1. The number of hydrogen-bond donors (Lipinski definition) is 2. The molecule has 17 heavy (non-hydrogen) atoms. The Labute approximate surface area is 105 Å². The molecular weight excluding hydrogens is 245 g/mol. The van der Waals surface area contributed by atoms with Crippen molar-refractivity contribution >= 4 is 17.5 Å². The van der Waals surface area contributed by atoms with Gasteiger partial charge in [-0.2, -0.15) is 0 Å². The van der Waals surface area contributed by atoms with Crippen LogP contribution in [0.4, 0.5) is 4.39 Å². The quantitative estimate of drug-likeness (QED) is 0.871. The van der Waals surface area contributed by atoms with E-state index in [1.165, 1.54) is 12.1 Å². The maximum atomic E-state index is 12.9. The van der Waals surface area contributed by atoms with Gasteiger partial charge in [-0.15, -0.1) is 0 Å². The monoisotopic (exact) mass is 259 g/mol. The second kappa shape index (κ2) is 5.98. The Kier molecular flexibility index (Phi) is 4.90. The average molecular weight is 260 g/mol. The van der Waals surface area contributed by atoms with Crippen molar-refractivity contribution in [2.45, 2.75) is 19.9 Å². The van der Waals surface area contributed by atoms with E-state index in [4.69, 9.17) is 16.7 Å². The molecule has 1 aromatic rings. The van der Waals surface area contributed by atoms with Crippen LogP contribution in [0.1, 0.15) is 24.2 Å². The number of hydrogen-bond acceptors (Lipinski definition) is 2. The molecule has 0 radical (unpaired) electrons. The van der Waals surface area contributed by atoms with Crippen molar-refractivity contribution in [2.24, 2.45) is 5.92 Å². The van der Waals surface area contributed by atoms with Gasteiger partial charge < -0.3 is 10.4 Å². The summed E-state index contributed by atoms with van der Waals surface area (Å²) < 4.78 is 12.9. The van der Waals surface area contributed by atoms with E-state index in [-0.39, 0.29) is 35.1 Å². The van der Waals surface area contributed by atoms with E-state index in [9.17, 15) is 9.18 Å². The van der Waals surface area contributed by atoms with Gasteiger partial charge in [-0.25, -0.2) is 4.39 Å². The van der Waals surface area contributed by atoms with Gasteiger partial charge in [-0.05, 0) is 24.1 Å². The van der Waals surface area contributed by atoms with Gasteiger partial charge in [0, 0.05) is 5.56 Å². The summed E-state index contributed by atoms with van der Waals surface area (Å²) in [5.41, 5.74) is 0.274. The molecule has 0 saturated heterocycles. The summed E-state index contributed by atoms with van der Waals surface area (Å²) in [7, 11) is 0. The smallest absolute Gasteiger partial charge is 0.251 e. The molecule has 0 aliphatic rings. The minimum atomic E-state index is -0.564. The van der Waals surface area contributed by atoms with Crippen molar-refractivity contribution < 1.29 is 14.3 Å². The van der Waals surface area contributed by atoms with Crippen LogP contribution in [-0.4, -0.2) is 23.7 Å². The summed E-state index contributed by atoms with van der Waals surface area (Å²) in [6.45, 7) is 3.63. The number of rotatable bonds is 4. The van der Waals surface area contributed by atoms with Crippen molar-refractivity contribution in [1.82, 2.24) is 5.32 Å². The topological polar surface area (TPSA) is 49.3 Å². The first kappa shape index (κ1) is 13.9. The highest BCUT2D eigenvalue weighted by molar-refractivity contribution is 6.31. The number of amides is 1. The van der Waals surface area contributed by atoms with Gasteiger partial charge in [-0.3, -0.25) is 4.79 Å². The minimum absolute atomic E-state index is 0.0947. The summed E-state index contributed by atoms with van der Waals surface area (Å²) in [6, 6.07) is 3.43. The fraction of sp³-hybridized carbons (Fsp3) is 0.417. The van der Waals surface area contributed by atoms with Gasteiger partial charge in [-0.1, -0.05) is 25.4 Å². The number of benzene rings is 1. The van der Waals surface area contributed by atoms with Crippen molar-refractivity contribution in [3.8, 4) is 0 Å². The van der Waals surface area contributed by atoms with Crippen LogP contribution in [0.5, 0.6) is 0 Å². The highest BCUT2D eigenvalue weighted by Crippen LogP contribution is 2.16. The number of halogens is 2. The first-order valence-electron chi connectivity index (χ1n) is 5.32. The molecule has 0 heterocycles. The van der Waals surface area contributed by atoms with E-state index in [1.54, 1.807) is 0 Å². The van der Waals surface area contributed by atoms with Gasteiger partial charge in [0.1, 0.15) is 5.82 Å². The molecule has 1 unspecified atom stereocenters. The second-order valence-corrected chi connectivity index (χ2v) is 4.54. The van der Waals surface area contributed by atoms with Gasteiger partial charge in [0.15, 0.2) is 0 Å². The van der Waals surface area contributed by atoms with Crippen LogP contribution in [0.15, 0.2) is 18.2 Å². The predicted molar refractivity (Wildman–Crippen MR) is 64.6 cm³/mol. The molecule has 1 rings (SSSR count). The Morgan fingerprint density at radius 2 is 2.18 bits per heavy atom. The average Bonchev–Trinajstić information content (AvgIpc) is 2.28. The van der Waals surface area contributed by atoms with Crippen molar-refractivity contribution in [3.63, 3.8) is 0 Å². The van der Waals surface area contributed by atoms with Crippen LogP contribution in [-0.2, 0) is 0 Å². The van der Waals surface area contributed by atoms with E-state index in [2.05, 4.69) is 5.32 Å². The number of carbonyl (C=O) groups excluding carboxylic acids is 1. The maximum Gasteiger partial charge on any atom is 0.251 e. The number of nitrogens with one attached hydrogen (secondary N) is 1. The standard InChI is InChI=1S/C12H15ClFNO2/c1-7(2)11(6-16)15-12(17)8-3-4-10(14)9(13)5-8/h3-5,7,11,16H,6H2,1-2H3,(H,15,17). The van der Waals surface area contributed by atoms with Gasteiger partial charge in [0.05, 0.1) is 17.7 Å².